The zero-order valence-corrected chi connectivity index (χ0v) is 8.51. The van der Waals surface area contributed by atoms with Crippen LogP contribution in [0.25, 0.3) is 0 Å². The molecule has 0 amide bonds. The fourth-order valence-electron chi connectivity index (χ4n) is 1.22. The van der Waals surface area contributed by atoms with Crippen LogP contribution in [0.4, 0.5) is 0 Å². The molecule has 2 atom stereocenters. The molecule has 1 rings (SSSR count). The first kappa shape index (κ1) is 12.7. The highest BCUT2D eigenvalue weighted by atomic mass is 35.5. The quantitative estimate of drug-likeness (QED) is 0.672. The van der Waals surface area contributed by atoms with Crippen molar-refractivity contribution in [3.8, 4) is 0 Å². The second-order valence-corrected chi connectivity index (χ2v) is 2.90. The zero-order valence-electron chi connectivity index (χ0n) is 7.69. The highest BCUT2D eigenvalue weighted by Crippen LogP contribution is 2.13. The number of nitrogens with two attached hydrogens (primary N) is 1. The first-order chi connectivity index (χ1) is 5.74. The van der Waals surface area contributed by atoms with Crippen LogP contribution in [-0.4, -0.2) is 31.3 Å². The van der Waals surface area contributed by atoms with Crippen LogP contribution in [-0.2, 0) is 14.3 Å². The smallest absolute Gasteiger partial charge is 0.335 e. The predicted molar refractivity (Wildman–Crippen MR) is 50.8 cm³/mol. The minimum atomic E-state index is -0.436. The van der Waals surface area contributed by atoms with Crippen LogP contribution in [0, 0.1) is 0 Å². The second-order valence-electron chi connectivity index (χ2n) is 2.90. The molecule has 1 fully saturated rings. The molecule has 1 heterocycles. The van der Waals surface area contributed by atoms with Crippen LogP contribution in [0.3, 0.4) is 0 Å². The van der Waals surface area contributed by atoms with Gasteiger partial charge < -0.3 is 15.2 Å². The largest absolute Gasteiger partial charge is 0.464 e. The molecule has 0 aromatic heterocycles. The van der Waals surface area contributed by atoms with Crippen molar-refractivity contribution in [3.05, 3.63) is 0 Å². The third-order valence-electron chi connectivity index (χ3n) is 1.87. The van der Waals surface area contributed by atoms with Crippen molar-refractivity contribution in [1.82, 2.24) is 0 Å². The Morgan fingerprint density at radius 3 is 2.92 bits per heavy atom. The van der Waals surface area contributed by atoms with Gasteiger partial charge in [0.25, 0.3) is 0 Å². The summed E-state index contributed by atoms with van der Waals surface area (Å²) >= 11 is 0. The van der Waals surface area contributed by atoms with Gasteiger partial charge in [-0.05, 0) is 19.8 Å². The van der Waals surface area contributed by atoms with E-state index < -0.39 is 6.10 Å². The lowest BCUT2D eigenvalue weighted by Gasteiger charge is -2.25. The number of carbonyl (C=O) groups excluding carboxylic acids is 1. The topological polar surface area (TPSA) is 61.5 Å². The van der Waals surface area contributed by atoms with Crippen molar-refractivity contribution in [2.75, 3.05) is 13.2 Å². The van der Waals surface area contributed by atoms with E-state index in [0.29, 0.717) is 19.6 Å². The molecule has 0 bridgehead atoms. The number of rotatable bonds is 2. The molecule has 1 aliphatic rings. The summed E-state index contributed by atoms with van der Waals surface area (Å²) < 4.78 is 10.0. The average molecular weight is 210 g/mol. The highest BCUT2D eigenvalue weighted by Gasteiger charge is 2.26. The van der Waals surface area contributed by atoms with Gasteiger partial charge in [0.2, 0.25) is 0 Å². The number of hydrogen-bond acceptors (Lipinski definition) is 4. The summed E-state index contributed by atoms with van der Waals surface area (Å²) in [5.74, 6) is -0.285. The Morgan fingerprint density at radius 2 is 2.38 bits per heavy atom. The van der Waals surface area contributed by atoms with E-state index in [2.05, 4.69) is 0 Å². The Hall–Kier alpha value is -0.320. The Morgan fingerprint density at radius 1 is 1.69 bits per heavy atom. The van der Waals surface area contributed by atoms with Gasteiger partial charge in [0.15, 0.2) is 6.10 Å². The third kappa shape index (κ3) is 3.93. The third-order valence-corrected chi connectivity index (χ3v) is 1.87. The molecular weight excluding hydrogens is 194 g/mol. The maximum Gasteiger partial charge on any atom is 0.335 e. The van der Waals surface area contributed by atoms with Gasteiger partial charge in [-0.1, -0.05) is 0 Å². The van der Waals surface area contributed by atoms with E-state index in [-0.39, 0.29) is 24.4 Å². The summed E-state index contributed by atoms with van der Waals surface area (Å²) in [5, 5.41) is 0. The number of carbonyl (C=O) groups is 1. The molecule has 2 N–H and O–H groups in total. The lowest BCUT2D eigenvalue weighted by molar-refractivity contribution is -0.159. The Bertz CT molecular complexity index is 165. The van der Waals surface area contributed by atoms with Crippen molar-refractivity contribution in [3.63, 3.8) is 0 Å². The summed E-state index contributed by atoms with van der Waals surface area (Å²) in [6.07, 6.45) is 0.975. The Kier molecular flexibility index (Phi) is 6.03. The van der Waals surface area contributed by atoms with Crippen LogP contribution in [0.15, 0.2) is 0 Å². The van der Waals surface area contributed by atoms with Gasteiger partial charge in [0, 0.05) is 12.6 Å². The molecular formula is C8H16ClNO3. The van der Waals surface area contributed by atoms with Gasteiger partial charge in [-0.3, -0.25) is 0 Å². The number of ether oxygens (including phenoxy) is 2. The predicted octanol–water partition coefficient (Wildman–Crippen LogP) is 0.478. The van der Waals surface area contributed by atoms with Crippen molar-refractivity contribution < 1.29 is 14.3 Å². The van der Waals surface area contributed by atoms with Crippen molar-refractivity contribution in [2.24, 2.45) is 5.73 Å². The highest BCUT2D eigenvalue weighted by molar-refractivity contribution is 5.85. The Labute approximate surface area is 84.2 Å². The molecule has 5 heteroatoms. The molecule has 0 aromatic carbocycles. The zero-order chi connectivity index (χ0) is 8.97. The summed E-state index contributed by atoms with van der Waals surface area (Å²) in [6, 6.07) is 0.0770. The minimum absolute atomic E-state index is 0. The number of esters is 1. The van der Waals surface area contributed by atoms with E-state index in [1.54, 1.807) is 6.92 Å². The van der Waals surface area contributed by atoms with Crippen LogP contribution in [0.5, 0.6) is 0 Å². The molecule has 0 spiro atoms. The monoisotopic (exact) mass is 209 g/mol. The van der Waals surface area contributed by atoms with Crippen LogP contribution >= 0.6 is 12.4 Å². The molecule has 4 nitrogen and oxygen atoms in total. The normalized spacial score (nSPS) is 27.5. The van der Waals surface area contributed by atoms with E-state index in [9.17, 15) is 4.79 Å². The van der Waals surface area contributed by atoms with Gasteiger partial charge in [-0.25, -0.2) is 4.79 Å². The van der Waals surface area contributed by atoms with Crippen LogP contribution in [0.2, 0.25) is 0 Å². The molecule has 13 heavy (non-hydrogen) atoms. The molecule has 0 aliphatic carbocycles. The molecule has 1 aliphatic heterocycles. The lowest BCUT2D eigenvalue weighted by atomic mass is 10.0. The summed E-state index contributed by atoms with van der Waals surface area (Å²) in [7, 11) is 0. The summed E-state index contributed by atoms with van der Waals surface area (Å²) in [5.41, 5.74) is 5.67. The van der Waals surface area contributed by atoms with Gasteiger partial charge in [-0.2, -0.15) is 0 Å². The van der Waals surface area contributed by atoms with Crippen molar-refractivity contribution >= 4 is 18.4 Å². The summed E-state index contributed by atoms with van der Waals surface area (Å²) in [4.78, 5) is 11.1. The molecule has 78 valence electrons. The first-order valence-corrected chi connectivity index (χ1v) is 4.28. The molecule has 0 unspecified atom stereocenters. The van der Waals surface area contributed by atoms with E-state index >= 15 is 0 Å². The Balaban J connectivity index is 0.00000144. The van der Waals surface area contributed by atoms with Gasteiger partial charge >= 0.3 is 5.97 Å². The second kappa shape index (κ2) is 6.18. The molecule has 0 saturated carbocycles. The van der Waals surface area contributed by atoms with Crippen LogP contribution < -0.4 is 5.73 Å². The van der Waals surface area contributed by atoms with Gasteiger partial charge in [0.1, 0.15) is 0 Å². The maximum atomic E-state index is 11.1. The van der Waals surface area contributed by atoms with E-state index in [1.807, 2.05) is 0 Å². The number of halogens is 1. The number of hydrogen-bond donors (Lipinski definition) is 1. The van der Waals surface area contributed by atoms with Crippen LogP contribution in [0.1, 0.15) is 19.8 Å². The average Bonchev–Trinajstić information content (AvgIpc) is 2.05. The van der Waals surface area contributed by atoms with Crippen molar-refractivity contribution in [1.29, 1.82) is 0 Å². The van der Waals surface area contributed by atoms with E-state index in [4.69, 9.17) is 15.2 Å². The first-order valence-electron chi connectivity index (χ1n) is 4.28. The maximum absolute atomic E-state index is 11.1. The van der Waals surface area contributed by atoms with Gasteiger partial charge in [-0.15, -0.1) is 12.4 Å². The summed E-state index contributed by atoms with van der Waals surface area (Å²) in [6.45, 7) is 2.74. The van der Waals surface area contributed by atoms with Gasteiger partial charge in [0.05, 0.1) is 6.61 Å². The molecule has 0 aromatic rings. The van der Waals surface area contributed by atoms with E-state index in [0.717, 1.165) is 6.42 Å². The minimum Gasteiger partial charge on any atom is -0.464 e. The fraction of sp³-hybridized carbons (Fsp3) is 0.875. The van der Waals surface area contributed by atoms with Crippen molar-refractivity contribution in [2.45, 2.75) is 31.9 Å². The molecule has 1 saturated heterocycles. The lowest BCUT2D eigenvalue weighted by Crippen LogP contribution is -2.39. The SMILES string of the molecule is CCOC(=O)[C@@H]1C[C@@H](N)CCO1.Cl. The fourth-order valence-corrected chi connectivity index (χ4v) is 1.22. The molecule has 0 radical (unpaired) electrons. The van der Waals surface area contributed by atoms with E-state index in [1.165, 1.54) is 0 Å². The standard InChI is InChI=1S/C8H15NO3.ClH/c1-2-11-8(10)7-5-6(9)3-4-12-7;/h6-7H,2-5,9H2,1H3;1H/t6-,7-;/m0./s1.